The average molecular weight is 411 g/mol. The summed E-state index contributed by atoms with van der Waals surface area (Å²) < 4.78 is 23.6. The number of allylic oxidation sites excluding steroid dienone is 3. The van der Waals surface area contributed by atoms with Crippen LogP contribution in [-0.2, 0) is 27.4 Å². The van der Waals surface area contributed by atoms with Crippen molar-refractivity contribution in [3.8, 4) is 5.75 Å². The molecule has 2 heterocycles. The minimum absolute atomic E-state index is 0.568. The van der Waals surface area contributed by atoms with Crippen molar-refractivity contribution in [3.05, 3.63) is 64.5 Å². The van der Waals surface area contributed by atoms with Gasteiger partial charge in [-0.1, -0.05) is 18.2 Å². The van der Waals surface area contributed by atoms with Gasteiger partial charge in [0.2, 0.25) is 17.3 Å². The maximum Gasteiger partial charge on any atom is 0.244 e. The van der Waals surface area contributed by atoms with Gasteiger partial charge in [0.25, 0.3) is 0 Å². The van der Waals surface area contributed by atoms with E-state index in [1.807, 2.05) is 39.8 Å². The predicted octanol–water partition coefficient (Wildman–Crippen LogP) is 4.93. The van der Waals surface area contributed by atoms with E-state index in [1.54, 1.807) is 0 Å². The van der Waals surface area contributed by atoms with Crippen molar-refractivity contribution in [1.82, 2.24) is 5.32 Å². The Kier molecular flexibility index (Phi) is 5.99. The van der Waals surface area contributed by atoms with Gasteiger partial charge in [-0.2, -0.15) is 0 Å². The van der Waals surface area contributed by atoms with Gasteiger partial charge >= 0.3 is 0 Å². The molecule has 4 rings (SSSR count). The summed E-state index contributed by atoms with van der Waals surface area (Å²) in [5, 5.41) is 3.56. The minimum atomic E-state index is -0.573. The van der Waals surface area contributed by atoms with Gasteiger partial charge in [-0.3, -0.25) is 0 Å². The number of unbranched alkanes of at least 4 members (excludes halogenated alkanes) is 1. The third-order valence-corrected chi connectivity index (χ3v) is 5.49. The highest BCUT2D eigenvalue weighted by atomic mass is 16.7. The van der Waals surface area contributed by atoms with Crippen LogP contribution in [0.25, 0.3) is 0 Å². The van der Waals surface area contributed by atoms with Crippen molar-refractivity contribution in [2.75, 3.05) is 13.2 Å². The number of ether oxygens (including phenoxy) is 4. The molecule has 5 nitrogen and oxygen atoms in total. The van der Waals surface area contributed by atoms with Crippen LogP contribution in [0.4, 0.5) is 0 Å². The molecule has 2 aliphatic heterocycles. The van der Waals surface area contributed by atoms with Gasteiger partial charge in [0.05, 0.1) is 6.61 Å². The molecule has 1 aromatic rings. The topological polar surface area (TPSA) is 49.0 Å². The normalized spacial score (nSPS) is 21.0. The Labute approximate surface area is 179 Å². The highest BCUT2D eigenvalue weighted by Gasteiger charge is 2.36. The van der Waals surface area contributed by atoms with Crippen molar-refractivity contribution in [2.24, 2.45) is 0 Å². The number of hydrogen-bond donors (Lipinski definition) is 1. The Balaban J connectivity index is 1.24. The first-order chi connectivity index (χ1) is 14.3. The van der Waals surface area contributed by atoms with Crippen LogP contribution in [0, 0.1) is 6.08 Å². The summed E-state index contributed by atoms with van der Waals surface area (Å²) in [7, 11) is 0. The zero-order valence-electron chi connectivity index (χ0n) is 18.5. The fourth-order valence-corrected chi connectivity index (χ4v) is 3.87. The molecule has 0 amide bonds. The maximum absolute atomic E-state index is 6.07. The molecule has 1 aromatic carbocycles. The molecule has 160 valence electrons. The van der Waals surface area contributed by atoms with Gasteiger partial charge in [0.1, 0.15) is 35.7 Å². The number of para-hydroxylation sites is 1. The van der Waals surface area contributed by atoms with Crippen molar-refractivity contribution >= 4 is 0 Å². The van der Waals surface area contributed by atoms with Gasteiger partial charge in [0.15, 0.2) is 0 Å². The van der Waals surface area contributed by atoms with E-state index < -0.39 is 11.6 Å². The van der Waals surface area contributed by atoms with E-state index in [9.17, 15) is 0 Å². The molecule has 3 aliphatic rings. The van der Waals surface area contributed by atoms with Crippen LogP contribution in [0.1, 0.15) is 58.1 Å². The van der Waals surface area contributed by atoms with Crippen molar-refractivity contribution in [3.63, 3.8) is 0 Å². The number of rotatable bonds is 7. The summed E-state index contributed by atoms with van der Waals surface area (Å²) in [5.41, 5.74) is 4.61. The Morgan fingerprint density at radius 2 is 1.80 bits per heavy atom. The van der Waals surface area contributed by atoms with Crippen LogP contribution in [0.3, 0.4) is 0 Å². The zero-order valence-corrected chi connectivity index (χ0v) is 18.5. The smallest absolute Gasteiger partial charge is 0.244 e. The van der Waals surface area contributed by atoms with Crippen LogP contribution in [0.5, 0.6) is 5.75 Å². The molecule has 5 heteroatoms. The second kappa shape index (κ2) is 8.52. The molecule has 0 unspecified atom stereocenters. The second-order valence-electron chi connectivity index (χ2n) is 8.96. The van der Waals surface area contributed by atoms with Crippen LogP contribution in [0.2, 0.25) is 0 Å². The number of benzene rings is 1. The van der Waals surface area contributed by atoms with Gasteiger partial charge in [0, 0.05) is 57.9 Å². The van der Waals surface area contributed by atoms with E-state index in [2.05, 4.69) is 29.6 Å². The quantitative estimate of drug-likeness (QED) is 0.510. The third kappa shape index (κ3) is 4.93. The highest BCUT2D eigenvalue weighted by Crippen LogP contribution is 2.35. The molecule has 0 atom stereocenters. The van der Waals surface area contributed by atoms with E-state index in [4.69, 9.17) is 18.9 Å². The third-order valence-electron chi connectivity index (χ3n) is 5.49. The first-order valence-corrected chi connectivity index (χ1v) is 10.8. The Bertz CT molecular complexity index is 879. The lowest BCUT2D eigenvalue weighted by Gasteiger charge is -2.33. The summed E-state index contributed by atoms with van der Waals surface area (Å²) in [6.45, 7) is 10.8. The molecular formula is C25H32NO4+. The SMILES string of the molecule is CC1(C)OCC2=C(O1)C(CCCCNCc1cccc3c1OC(C)(C)OC3)=C[C+]=C2. The Morgan fingerprint density at radius 3 is 2.67 bits per heavy atom. The maximum atomic E-state index is 6.07. The van der Waals surface area contributed by atoms with E-state index in [1.165, 1.54) is 11.1 Å². The van der Waals surface area contributed by atoms with Crippen LogP contribution < -0.4 is 10.1 Å². The molecular weight excluding hydrogens is 378 g/mol. The lowest BCUT2D eigenvalue weighted by Crippen LogP contribution is -2.36. The molecule has 1 N–H and O–H groups in total. The van der Waals surface area contributed by atoms with Crippen molar-refractivity contribution < 1.29 is 18.9 Å². The van der Waals surface area contributed by atoms with E-state index in [0.717, 1.165) is 55.0 Å². The van der Waals surface area contributed by atoms with Gasteiger partial charge in [-0.25, -0.2) is 0 Å². The number of fused-ring (bicyclic) bond motifs is 1. The fraction of sp³-hybridized carbons (Fsp3) is 0.520. The Morgan fingerprint density at radius 1 is 1.00 bits per heavy atom. The van der Waals surface area contributed by atoms with E-state index in [0.29, 0.717) is 13.2 Å². The van der Waals surface area contributed by atoms with Gasteiger partial charge in [-0.15, -0.1) is 0 Å². The molecule has 0 saturated heterocycles. The highest BCUT2D eigenvalue weighted by molar-refractivity contribution is 5.43. The summed E-state index contributed by atoms with van der Waals surface area (Å²) in [6.07, 6.45) is 10.4. The number of nitrogens with one attached hydrogen (secondary N) is 1. The van der Waals surface area contributed by atoms with Crippen LogP contribution in [0.15, 0.2) is 47.3 Å². The summed E-state index contributed by atoms with van der Waals surface area (Å²) in [5.74, 6) is 0.808. The first-order valence-electron chi connectivity index (χ1n) is 10.8. The lowest BCUT2D eigenvalue weighted by molar-refractivity contribution is -0.197. The van der Waals surface area contributed by atoms with Crippen molar-refractivity contribution in [1.29, 1.82) is 0 Å². The second-order valence-corrected chi connectivity index (χ2v) is 8.96. The minimum Gasteiger partial charge on any atom is -0.462 e. The summed E-state index contributed by atoms with van der Waals surface area (Å²) in [6, 6.07) is 6.27. The molecule has 0 spiro atoms. The largest absolute Gasteiger partial charge is 0.462 e. The molecule has 1 aliphatic carbocycles. The summed E-state index contributed by atoms with van der Waals surface area (Å²) >= 11 is 0. The average Bonchev–Trinajstić information content (AvgIpc) is 2.70. The van der Waals surface area contributed by atoms with Crippen molar-refractivity contribution in [2.45, 2.75) is 71.7 Å². The molecule has 30 heavy (non-hydrogen) atoms. The molecule has 0 fully saturated rings. The predicted molar refractivity (Wildman–Crippen MR) is 116 cm³/mol. The van der Waals surface area contributed by atoms with Gasteiger partial charge in [-0.05, 0) is 19.4 Å². The number of hydrogen-bond acceptors (Lipinski definition) is 5. The fourth-order valence-electron chi connectivity index (χ4n) is 3.87. The molecule has 0 bridgehead atoms. The Hall–Kier alpha value is -2.17. The van der Waals surface area contributed by atoms with E-state index >= 15 is 0 Å². The monoisotopic (exact) mass is 410 g/mol. The lowest BCUT2D eigenvalue weighted by atomic mass is 9.97. The zero-order chi connectivity index (χ0) is 21.2. The molecule has 0 aromatic heterocycles. The van der Waals surface area contributed by atoms with Crippen LogP contribution >= 0.6 is 0 Å². The van der Waals surface area contributed by atoms with Crippen LogP contribution in [-0.4, -0.2) is 24.7 Å². The standard InChI is InChI=1S/C25H32NO4/c1-24(2)27-16-20-12-7-10-18(22(20)29-24)9-5-6-14-26-15-19-11-8-13-21-17-28-25(3,4)30-23(19)21/h8,10-13,26H,5-6,9,14-17H2,1-4H3/q+1. The molecule has 0 saturated carbocycles. The molecule has 0 radical (unpaired) electrons. The first kappa shape index (κ1) is 21.1. The van der Waals surface area contributed by atoms with Gasteiger partial charge < -0.3 is 24.3 Å². The summed E-state index contributed by atoms with van der Waals surface area (Å²) in [4.78, 5) is 0. The van der Waals surface area contributed by atoms with E-state index in [-0.39, 0.29) is 0 Å².